The number of nitrogens with one attached hydrogen (secondary N) is 1. The normalized spacial score (nSPS) is 9.72. The maximum absolute atomic E-state index is 10.3. The lowest BCUT2D eigenvalue weighted by Gasteiger charge is -2.05. The molecular formula is C13H17N3O2. The summed E-state index contributed by atoms with van der Waals surface area (Å²) in [5.41, 5.74) is 0.592. The molecule has 18 heavy (non-hydrogen) atoms. The summed E-state index contributed by atoms with van der Waals surface area (Å²) in [6.07, 6.45) is 5.49. The number of carboxylic acids is 1. The Labute approximate surface area is 106 Å². The van der Waals surface area contributed by atoms with Crippen LogP contribution in [0.1, 0.15) is 37.7 Å². The number of rotatable bonds is 8. The molecule has 5 heteroatoms. The standard InChI is InChI=1S/C13H17N3O2/c14-10-11-6-8-16-12(9-11)15-7-4-2-1-3-5-13(17)18/h6,8-9H,1-5,7H2,(H,15,16)(H,17,18). The van der Waals surface area contributed by atoms with Crippen LogP contribution >= 0.6 is 0 Å². The van der Waals surface area contributed by atoms with Gasteiger partial charge in [0.1, 0.15) is 5.82 Å². The number of pyridine rings is 1. The van der Waals surface area contributed by atoms with E-state index in [9.17, 15) is 4.79 Å². The largest absolute Gasteiger partial charge is 0.481 e. The van der Waals surface area contributed by atoms with Crippen molar-refractivity contribution in [3.63, 3.8) is 0 Å². The number of carboxylic acid groups (broad SMARTS) is 1. The number of aromatic nitrogens is 1. The van der Waals surface area contributed by atoms with Gasteiger partial charge < -0.3 is 10.4 Å². The molecule has 0 aliphatic rings. The molecule has 0 spiro atoms. The first-order valence-electron chi connectivity index (χ1n) is 6.04. The Bertz CT molecular complexity index is 426. The van der Waals surface area contributed by atoms with Crippen LogP contribution in [0.2, 0.25) is 0 Å². The fourth-order valence-electron chi connectivity index (χ4n) is 1.57. The fraction of sp³-hybridized carbons (Fsp3) is 0.462. The van der Waals surface area contributed by atoms with E-state index in [2.05, 4.69) is 16.4 Å². The zero-order chi connectivity index (χ0) is 13.2. The van der Waals surface area contributed by atoms with Gasteiger partial charge in [-0.15, -0.1) is 0 Å². The van der Waals surface area contributed by atoms with Crippen molar-refractivity contribution in [2.24, 2.45) is 0 Å². The Kier molecular flexibility index (Phi) is 6.26. The van der Waals surface area contributed by atoms with Gasteiger partial charge in [-0.1, -0.05) is 12.8 Å². The molecule has 0 bridgehead atoms. The molecule has 0 aromatic carbocycles. The van der Waals surface area contributed by atoms with Crippen LogP contribution in [0, 0.1) is 11.3 Å². The van der Waals surface area contributed by atoms with Gasteiger partial charge in [0.15, 0.2) is 0 Å². The lowest BCUT2D eigenvalue weighted by molar-refractivity contribution is -0.137. The Morgan fingerprint density at radius 1 is 1.39 bits per heavy atom. The number of nitrogens with zero attached hydrogens (tertiary/aromatic N) is 2. The highest BCUT2D eigenvalue weighted by molar-refractivity contribution is 5.66. The molecule has 0 saturated heterocycles. The van der Waals surface area contributed by atoms with Crippen LogP contribution in [0.25, 0.3) is 0 Å². The van der Waals surface area contributed by atoms with Crippen LogP contribution in [0.4, 0.5) is 5.82 Å². The average Bonchev–Trinajstić information content (AvgIpc) is 2.37. The molecular weight excluding hydrogens is 230 g/mol. The first kappa shape index (κ1) is 14.0. The van der Waals surface area contributed by atoms with Gasteiger partial charge in [0, 0.05) is 19.2 Å². The first-order valence-corrected chi connectivity index (χ1v) is 6.04. The van der Waals surface area contributed by atoms with Gasteiger partial charge >= 0.3 is 5.97 Å². The maximum atomic E-state index is 10.3. The summed E-state index contributed by atoms with van der Waals surface area (Å²) in [7, 11) is 0. The summed E-state index contributed by atoms with van der Waals surface area (Å²) in [5.74, 6) is -0.0229. The lowest BCUT2D eigenvalue weighted by Crippen LogP contribution is -2.03. The molecule has 5 nitrogen and oxygen atoms in total. The average molecular weight is 247 g/mol. The third-order valence-electron chi connectivity index (χ3n) is 2.51. The molecule has 0 saturated carbocycles. The van der Waals surface area contributed by atoms with E-state index in [0.717, 1.165) is 32.2 Å². The molecule has 1 heterocycles. The summed E-state index contributed by atoms with van der Waals surface area (Å²) >= 11 is 0. The second kappa shape index (κ2) is 8.07. The Hall–Kier alpha value is -2.09. The SMILES string of the molecule is N#Cc1ccnc(NCCCCCCC(=O)O)c1. The van der Waals surface area contributed by atoms with Crippen molar-refractivity contribution in [3.05, 3.63) is 23.9 Å². The highest BCUT2D eigenvalue weighted by Gasteiger charge is 1.98. The van der Waals surface area contributed by atoms with E-state index in [1.807, 2.05) is 0 Å². The predicted octanol–water partition coefficient (Wildman–Crippen LogP) is 2.40. The van der Waals surface area contributed by atoms with Crippen molar-refractivity contribution in [3.8, 4) is 6.07 Å². The molecule has 96 valence electrons. The third kappa shape index (κ3) is 5.85. The highest BCUT2D eigenvalue weighted by atomic mass is 16.4. The highest BCUT2D eigenvalue weighted by Crippen LogP contribution is 2.07. The number of aliphatic carboxylic acids is 1. The van der Waals surface area contributed by atoms with E-state index in [4.69, 9.17) is 10.4 Å². The van der Waals surface area contributed by atoms with Crippen LogP contribution in [-0.4, -0.2) is 22.6 Å². The van der Waals surface area contributed by atoms with Crippen LogP contribution in [-0.2, 0) is 4.79 Å². The number of hydrogen-bond acceptors (Lipinski definition) is 4. The summed E-state index contributed by atoms with van der Waals surface area (Å²) in [6, 6.07) is 5.44. The van der Waals surface area contributed by atoms with Crippen LogP contribution in [0.3, 0.4) is 0 Å². The molecule has 1 aromatic rings. The van der Waals surface area contributed by atoms with Gasteiger partial charge in [-0.05, 0) is 25.0 Å². The number of carbonyl (C=O) groups is 1. The van der Waals surface area contributed by atoms with Gasteiger partial charge in [-0.2, -0.15) is 5.26 Å². The molecule has 0 radical (unpaired) electrons. The maximum Gasteiger partial charge on any atom is 0.303 e. The molecule has 0 atom stereocenters. The van der Waals surface area contributed by atoms with E-state index in [1.165, 1.54) is 0 Å². The number of anilines is 1. The Morgan fingerprint density at radius 3 is 2.89 bits per heavy atom. The molecule has 0 aliphatic heterocycles. The molecule has 0 aliphatic carbocycles. The van der Waals surface area contributed by atoms with Crippen molar-refractivity contribution in [2.45, 2.75) is 32.1 Å². The van der Waals surface area contributed by atoms with E-state index in [0.29, 0.717) is 11.4 Å². The summed E-state index contributed by atoms with van der Waals surface area (Å²) in [4.78, 5) is 14.4. The van der Waals surface area contributed by atoms with E-state index in [-0.39, 0.29) is 6.42 Å². The van der Waals surface area contributed by atoms with Crippen LogP contribution in [0.15, 0.2) is 18.3 Å². The second-order valence-corrected chi connectivity index (χ2v) is 4.03. The zero-order valence-corrected chi connectivity index (χ0v) is 10.2. The van der Waals surface area contributed by atoms with Gasteiger partial charge in [-0.25, -0.2) is 4.98 Å². The van der Waals surface area contributed by atoms with Gasteiger partial charge in [-0.3, -0.25) is 4.79 Å². The molecule has 1 rings (SSSR count). The minimum Gasteiger partial charge on any atom is -0.481 e. The topological polar surface area (TPSA) is 86.0 Å². The minimum absolute atomic E-state index is 0.249. The minimum atomic E-state index is -0.731. The first-order chi connectivity index (χ1) is 8.72. The van der Waals surface area contributed by atoms with Crippen molar-refractivity contribution in [2.75, 3.05) is 11.9 Å². The monoisotopic (exact) mass is 247 g/mol. The Balaban J connectivity index is 2.10. The van der Waals surface area contributed by atoms with Crippen molar-refractivity contribution >= 4 is 11.8 Å². The summed E-state index contributed by atoms with van der Waals surface area (Å²) in [6.45, 7) is 0.787. The van der Waals surface area contributed by atoms with Gasteiger partial charge in [0.25, 0.3) is 0 Å². The van der Waals surface area contributed by atoms with Crippen molar-refractivity contribution in [1.29, 1.82) is 5.26 Å². The van der Waals surface area contributed by atoms with Gasteiger partial charge in [0.05, 0.1) is 11.6 Å². The van der Waals surface area contributed by atoms with E-state index in [1.54, 1.807) is 18.3 Å². The molecule has 0 fully saturated rings. The molecule has 2 N–H and O–H groups in total. The smallest absolute Gasteiger partial charge is 0.303 e. The lowest BCUT2D eigenvalue weighted by atomic mass is 10.1. The molecule has 0 amide bonds. The quantitative estimate of drug-likeness (QED) is 0.689. The second-order valence-electron chi connectivity index (χ2n) is 4.03. The zero-order valence-electron chi connectivity index (χ0n) is 10.2. The number of hydrogen-bond donors (Lipinski definition) is 2. The van der Waals surface area contributed by atoms with E-state index >= 15 is 0 Å². The Morgan fingerprint density at radius 2 is 2.17 bits per heavy atom. The fourth-order valence-corrected chi connectivity index (χ4v) is 1.57. The number of nitriles is 1. The van der Waals surface area contributed by atoms with Crippen molar-refractivity contribution in [1.82, 2.24) is 4.98 Å². The van der Waals surface area contributed by atoms with Gasteiger partial charge in [0.2, 0.25) is 0 Å². The third-order valence-corrected chi connectivity index (χ3v) is 2.51. The summed E-state index contributed by atoms with van der Waals surface area (Å²) in [5, 5.41) is 20.3. The predicted molar refractivity (Wildman–Crippen MR) is 68.2 cm³/mol. The van der Waals surface area contributed by atoms with Crippen molar-refractivity contribution < 1.29 is 9.90 Å². The molecule has 0 unspecified atom stereocenters. The van der Waals surface area contributed by atoms with E-state index < -0.39 is 5.97 Å². The molecule has 1 aromatic heterocycles. The van der Waals surface area contributed by atoms with Crippen LogP contribution in [0.5, 0.6) is 0 Å². The number of unbranched alkanes of at least 4 members (excludes halogenated alkanes) is 3. The summed E-state index contributed by atoms with van der Waals surface area (Å²) < 4.78 is 0. The van der Waals surface area contributed by atoms with Crippen LogP contribution < -0.4 is 5.32 Å².